The summed E-state index contributed by atoms with van der Waals surface area (Å²) in [6, 6.07) is 6.19. The average molecular weight is 301 g/mol. The van der Waals surface area contributed by atoms with Crippen molar-refractivity contribution in [2.24, 2.45) is 0 Å². The van der Waals surface area contributed by atoms with Gasteiger partial charge in [-0.3, -0.25) is 4.79 Å². The topological polar surface area (TPSA) is 45.2 Å². The molecule has 0 bridgehead atoms. The largest absolute Gasteiger partial charge is 0.373 e. The fraction of sp³-hybridized carbons (Fsp3) is 0.375. The third-order valence-corrected chi connectivity index (χ3v) is 4.92. The third-order valence-electron chi connectivity index (χ3n) is 3.88. The van der Waals surface area contributed by atoms with Crippen LogP contribution in [0.4, 0.5) is 5.82 Å². The third kappa shape index (κ3) is 2.78. The Labute approximate surface area is 128 Å². The minimum Gasteiger partial charge on any atom is -0.373 e. The summed E-state index contributed by atoms with van der Waals surface area (Å²) in [5.74, 6) is 0.997. The van der Waals surface area contributed by atoms with Crippen molar-refractivity contribution in [1.82, 2.24) is 9.88 Å². The van der Waals surface area contributed by atoms with Gasteiger partial charge in [0, 0.05) is 19.8 Å². The van der Waals surface area contributed by atoms with E-state index in [9.17, 15) is 4.79 Å². The van der Waals surface area contributed by atoms with Crippen molar-refractivity contribution in [2.45, 2.75) is 25.8 Å². The van der Waals surface area contributed by atoms with Crippen LogP contribution in [-0.2, 0) is 0 Å². The molecule has 0 aliphatic carbocycles. The molecule has 2 aromatic rings. The lowest BCUT2D eigenvalue weighted by molar-refractivity contribution is 0.0740. The first kappa shape index (κ1) is 14.1. The van der Waals surface area contributed by atoms with Crippen LogP contribution in [0.2, 0.25) is 0 Å². The van der Waals surface area contributed by atoms with Gasteiger partial charge in [-0.05, 0) is 54.5 Å². The number of anilines is 1. The fourth-order valence-electron chi connectivity index (χ4n) is 2.83. The second kappa shape index (κ2) is 5.85. The molecular weight excluding hydrogens is 282 g/mol. The highest BCUT2D eigenvalue weighted by atomic mass is 32.1. The van der Waals surface area contributed by atoms with Crippen LogP contribution in [0.5, 0.6) is 0 Å². The fourth-order valence-corrected chi connectivity index (χ4v) is 3.69. The Morgan fingerprint density at radius 2 is 2.33 bits per heavy atom. The first-order valence-electron chi connectivity index (χ1n) is 7.19. The lowest BCUT2D eigenvalue weighted by Gasteiger charge is -2.24. The number of rotatable bonds is 3. The van der Waals surface area contributed by atoms with Crippen molar-refractivity contribution in [3.05, 3.63) is 45.8 Å². The van der Waals surface area contributed by atoms with Gasteiger partial charge in [-0.15, -0.1) is 11.3 Å². The molecule has 3 heterocycles. The Kier molecular flexibility index (Phi) is 3.92. The molecular formula is C16H19N3OS. The first-order valence-corrected chi connectivity index (χ1v) is 8.07. The molecule has 2 aromatic heterocycles. The molecule has 110 valence electrons. The number of aryl methyl sites for hydroxylation is 1. The summed E-state index contributed by atoms with van der Waals surface area (Å²) >= 11 is 1.53. The maximum Gasteiger partial charge on any atom is 0.264 e. The molecule has 3 rings (SSSR count). The van der Waals surface area contributed by atoms with E-state index in [2.05, 4.69) is 10.3 Å². The number of likely N-dealkylation sites (tertiary alicyclic amines) is 1. The molecule has 1 atom stereocenters. The highest BCUT2D eigenvalue weighted by molar-refractivity contribution is 7.12. The molecule has 1 saturated heterocycles. The van der Waals surface area contributed by atoms with E-state index in [1.165, 1.54) is 11.3 Å². The summed E-state index contributed by atoms with van der Waals surface area (Å²) in [4.78, 5) is 19.8. The molecule has 1 aliphatic heterocycles. The Morgan fingerprint density at radius 1 is 1.48 bits per heavy atom. The van der Waals surface area contributed by atoms with Crippen molar-refractivity contribution in [3.8, 4) is 0 Å². The lowest BCUT2D eigenvalue weighted by atomic mass is 10.1. The zero-order valence-electron chi connectivity index (χ0n) is 12.3. The maximum atomic E-state index is 12.7. The summed E-state index contributed by atoms with van der Waals surface area (Å²) < 4.78 is 0. The van der Waals surface area contributed by atoms with Crippen molar-refractivity contribution >= 4 is 23.1 Å². The Morgan fingerprint density at radius 3 is 3.05 bits per heavy atom. The molecule has 21 heavy (non-hydrogen) atoms. The minimum absolute atomic E-state index is 0.151. The van der Waals surface area contributed by atoms with Gasteiger partial charge in [0.25, 0.3) is 5.91 Å². The van der Waals surface area contributed by atoms with Crippen LogP contribution in [0.25, 0.3) is 0 Å². The molecule has 4 nitrogen and oxygen atoms in total. The molecule has 0 spiro atoms. The van der Waals surface area contributed by atoms with Crippen LogP contribution in [-0.4, -0.2) is 29.4 Å². The van der Waals surface area contributed by atoms with Crippen LogP contribution in [0.15, 0.2) is 29.8 Å². The minimum atomic E-state index is 0.151. The van der Waals surface area contributed by atoms with E-state index in [1.807, 2.05) is 42.5 Å². The van der Waals surface area contributed by atoms with Gasteiger partial charge < -0.3 is 10.2 Å². The van der Waals surface area contributed by atoms with Gasteiger partial charge in [-0.2, -0.15) is 0 Å². The molecule has 1 N–H and O–H groups in total. The van der Waals surface area contributed by atoms with Crippen LogP contribution in [0, 0.1) is 6.92 Å². The van der Waals surface area contributed by atoms with E-state index in [1.54, 1.807) is 6.20 Å². The number of hydrogen-bond acceptors (Lipinski definition) is 4. The SMILES string of the molecule is CNc1cc([C@H]2CCCN2C(=O)c2cc(C)cs2)ccn1. The van der Waals surface area contributed by atoms with Gasteiger partial charge in [-0.1, -0.05) is 0 Å². The van der Waals surface area contributed by atoms with E-state index >= 15 is 0 Å². The van der Waals surface area contributed by atoms with E-state index in [4.69, 9.17) is 0 Å². The van der Waals surface area contributed by atoms with Crippen molar-refractivity contribution in [3.63, 3.8) is 0 Å². The predicted molar refractivity (Wildman–Crippen MR) is 85.9 cm³/mol. The Balaban J connectivity index is 1.86. The number of amides is 1. The number of hydrogen-bond donors (Lipinski definition) is 1. The molecule has 1 fully saturated rings. The van der Waals surface area contributed by atoms with Crippen molar-refractivity contribution in [2.75, 3.05) is 18.9 Å². The highest BCUT2D eigenvalue weighted by Crippen LogP contribution is 2.34. The van der Waals surface area contributed by atoms with Crippen LogP contribution in [0.3, 0.4) is 0 Å². The number of carbonyl (C=O) groups excluding carboxylic acids is 1. The molecule has 0 unspecified atom stereocenters. The summed E-state index contributed by atoms with van der Waals surface area (Å²) in [5.41, 5.74) is 2.31. The molecule has 1 amide bonds. The molecule has 5 heteroatoms. The van der Waals surface area contributed by atoms with Gasteiger partial charge in [0.1, 0.15) is 5.82 Å². The summed E-state index contributed by atoms with van der Waals surface area (Å²) in [5, 5.41) is 5.09. The van der Waals surface area contributed by atoms with Crippen LogP contribution < -0.4 is 5.32 Å². The van der Waals surface area contributed by atoms with Crippen molar-refractivity contribution in [1.29, 1.82) is 0 Å². The summed E-state index contributed by atoms with van der Waals surface area (Å²) in [7, 11) is 1.86. The second-order valence-electron chi connectivity index (χ2n) is 5.37. The number of nitrogens with zero attached hydrogens (tertiary/aromatic N) is 2. The highest BCUT2D eigenvalue weighted by Gasteiger charge is 2.31. The molecule has 0 radical (unpaired) electrons. The van der Waals surface area contributed by atoms with Gasteiger partial charge in [0.2, 0.25) is 0 Å². The zero-order valence-corrected chi connectivity index (χ0v) is 13.1. The van der Waals surface area contributed by atoms with Gasteiger partial charge in [-0.25, -0.2) is 4.98 Å². The first-order chi connectivity index (χ1) is 10.2. The predicted octanol–water partition coefficient (Wildman–Crippen LogP) is 3.47. The zero-order chi connectivity index (χ0) is 14.8. The molecule has 0 aromatic carbocycles. The number of carbonyl (C=O) groups is 1. The molecule has 0 saturated carbocycles. The van der Waals surface area contributed by atoms with Gasteiger partial charge >= 0.3 is 0 Å². The van der Waals surface area contributed by atoms with E-state index < -0.39 is 0 Å². The number of pyridine rings is 1. The molecule has 1 aliphatic rings. The summed E-state index contributed by atoms with van der Waals surface area (Å²) in [6.45, 7) is 2.86. The maximum absolute atomic E-state index is 12.7. The standard InChI is InChI=1S/C16H19N3OS/c1-11-8-14(21-10-11)16(20)19-7-3-4-13(19)12-5-6-18-15(9-12)17-2/h5-6,8-10,13H,3-4,7H2,1-2H3,(H,17,18)/t13-/m1/s1. The smallest absolute Gasteiger partial charge is 0.264 e. The second-order valence-corrected chi connectivity index (χ2v) is 6.28. The monoisotopic (exact) mass is 301 g/mol. The number of aromatic nitrogens is 1. The van der Waals surface area contributed by atoms with E-state index in [0.29, 0.717) is 0 Å². The van der Waals surface area contributed by atoms with E-state index in [0.717, 1.165) is 41.2 Å². The quantitative estimate of drug-likeness (QED) is 0.944. The Hall–Kier alpha value is -1.88. The van der Waals surface area contributed by atoms with Crippen LogP contribution >= 0.6 is 11.3 Å². The number of nitrogens with one attached hydrogen (secondary N) is 1. The van der Waals surface area contributed by atoms with Gasteiger partial charge in [0.15, 0.2) is 0 Å². The lowest BCUT2D eigenvalue weighted by Crippen LogP contribution is -2.30. The number of thiophene rings is 1. The average Bonchev–Trinajstić information content (AvgIpc) is 3.15. The summed E-state index contributed by atoms with van der Waals surface area (Å²) in [6.07, 6.45) is 3.87. The Bertz CT molecular complexity index is 652. The van der Waals surface area contributed by atoms with Crippen molar-refractivity contribution < 1.29 is 4.79 Å². The van der Waals surface area contributed by atoms with E-state index in [-0.39, 0.29) is 11.9 Å². The normalized spacial score (nSPS) is 18.0. The van der Waals surface area contributed by atoms with Crippen LogP contribution in [0.1, 0.15) is 39.7 Å². The van der Waals surface area contributed by atoms with Gasteiger partial charge in [0.05, 0.1) is 10.9 Å².